The second kappa shape index (κ2) is 11.8. The van der Waals surface area contributed by atoms with E-state index in [0.29, 0.717) is 29.4 Å². The molecule has 168 valence electrons. The summed E-state index contributed by atoms with van der Waals surface area (Å²) in [6.07, 6.45) is 0.783. The molecule has 2 amide bonds. The Bertz CT molecular complexity index is 851. The smallest absolute Gasteiger partial charge is 0.261 e. The maximum absolute atomic E-state index is 13.3. The van der Waals surface area contributed by atoms with E-state index in [9.17, 15) is 14.0 Å². The highest BCUT2D eigenvalue weighted by Crippen LogP contribution is 2.27. The molecule has 0 aliphatic rings. The predicted molar refractivity (Wildman–Crippen MR) is 115 cm³/mol. The lowest BCUT2D eigenvalue weighted by Crippen LogP contribution is -2.49. The first-order chi connectivity index (χ1) is 14.9. The molecular formula is C23H29FN2O5. The molecule has 0 saturated heterocycles. The van der Waals surface area contributed by atoms with Gasteiger partial charge < -0.3 is 24.4 Å². The monoisotopic (exact) mass is 432 g/mol. The SMILES string of the molecule is CCCNC(=O)C(C)N(Cc1ccc(F)cc1)C(=O)COc1cc(OC)cc(OC)c1. The molecule has 1 N–H and O–H groups in total. The summed E-state index contributed by atoms with van der Waals surface area (Å²) in [6, 6.07) is 10.0. The molecule has 0 heterocycles. The lowest BCUT2D eigenvalue weighted by Gasteiger charge is -2.28. The Labute approximate surface area is 182 Å². The number of carbonyl (C=O) groups is 2. The van der Waals surface area contributed by atoms with Crippen molar-refractivity contribution in [2.45, 2.75) is 32.9 Å². The molecular weight excluding hydrogens is 403 g/mol. The van der Waals surface area contributed by atoms with Gasteiger partial charge in [0.2, 0.25) is 5.91 Å². The van der Waals surface area contributed by atoms with Crippen LogP contribution in [0, 0.1) is 5.82 Å². The van der Waals surface area contributed by atoms with Gasteiger partial charge in [0, 0.05) is 31.3 Å². The van der Waals surface area contributed by atoms with E-state index in [-0.39, 0.29) is 30.8 Å². The number of ether oxygens (including phenoxy) is 3. The van der Waals surface area contributed by atoms with Crippen molar-refractivity contribution < 1.29 is 28.2 Å². The fraction of sp³-hybridized carbons (Fsp3) is 0.391. The molecule has 2 rings (SSSR count). The summed E-state index contributed by atoms with van der Waals surface area (Å²) in [4.78, 5) is 26.9. The van der Waals surface area contributed by atoms with E-state index >= 15 is 0 Å². The largest absolute Gasteiger partial charge is 0.496 e. The highest BCUT2D eigenvalue weighted by Gasteiger charge is 2.26. The molecule has 7 nitrogen and oxygen atoms in total. The van der Waals surface area contributed by atoms with Crippen LogP contribution in [-0.2, 0) is 16.1 Å². The average Bonchev–Trinajstić information content (AvgIpc) is 2.79. The van der Waals surface area contributed by atoms with Crippen LogP contribution in [0.5, 0.6) is 17.2 Å². The Morgan fingerprint density at radius 2 is 1.61 bits per heavy atom. The van der Waals surface area contributed by atoms with E-state index in [1.54, 1.807) is 37.3 Å². The van der Waals surface area contributed by atoms with Gasteiger partial charge in [-0.05, 0) is 31.0 Å². The van der Waals surface area contributed by atoms with Crippen LogP contribution in [0.15, 0.2) is 42.5 Å². The van der Waals surface area contributed by atoms with Crippen LogP contribution >= 0.6 is 0 Å². The third-order valence-corrected chi connectivity index (χ3v) is 4.67. The molecule has 0 aliphatic carbocycles. The first kappa shape index (κ1) is 24.0. The molecule has 2 aromatic carbocycles. The minimum absolute atomic E-state index is 0.143. The van der Waals surface area contributed by atoms with Gasteiger partial charge >= 0.3 is 0 Å². The molecule has 1 atom stereocenters. The summed E-state index contributed by atoms with van der Waals surface area (Å²) in [5.41, 5.74) is 0.702. The fourth-order valence-corrected chi connectivity index (χ4v) is 2.86. The van der Waals surface area contributed by atoms with Crippen molar-refractivity contribution >= 4 is 11.8 Å². The minimum Gasteiger partial charge on any atom is -0.496 e. The molecule has 0 fully saturated rings. The summed E-state index contributed by atoms with van der Waals surface area (Å²) >= 11 is 0. The Morgan fingerprint density at radius 3 is 2.16 bits per heavy atom. The van der Waals surface area contributed by atoms with Crippen LogP contribution in [0.2, 0.25) is 0 Å². The topological polar surface area (TPSA) is 77.1 Å². The summed E-state index contributed by atoms with van der Waals surface area (Å²) in [7, 11) is 3.04. The maximum Gasteiger partial charge on any atom is 0.261 e. The van der Waals surface area contributed by atoms with Crippen molar-refractivity contribution in [3.63, 3.8) is 0 Å². The van der Waals surface area contributed by atoms with Crippen LogP contribution in [0.25, 0.3) is 0 Å². The normalized spacial score (nSPS) is 11.4. The molecule has 8 heteroatoms. The summed E-state index contributed by atoms with van der Waals surface area (Å²) in [6.45, 7) is 3.97. The van der Waals surface area contributed by atoms with Gasteiger partial charge in [-0.3, -0.25) is 9.59 Å². The van der Waals surface area contributed by atoms with Crippen LogP contribution < -0.4 is 19.5 Å². The lowest BCUT2D eigenvalue weighted by molar-refractivity contribution is -0.142. The highest BCUT2D eigenvalue weighted by molar-refractivity contribution is 5.87. The zero-order valence-electron chi connectivity index (χ0n) is 18.3. The van der Waals surface area contributed by atoms with Crippen molar-refractivity contribution in [3.05, 3.63) is 53.8 Å². The number of amides is 2. The van der Waals surface area contributed by atoms with Crippen molar-refractivity contribution in [1.82, 2.24) is 10.2 Å². The second-order valence-corrected chi connectivity index (χ2v) is 6.95. The number of methoxy groups -OCH3 is 2. The van der Waals surface area contributed by atoms with Gasteiger partial charge in [-0.25, -0.2) is 4.39 Å². The minimum atomic E-state index is -0.729. The quantitative estimate of drug-likeness (QED) is 0.590. The van der Waals surface area contributed by atoms with E-state index in [1.807, 2.05) is 6.92 Å². The highest BCUT2D eigenvalue weighted by atomic mass is 19.1. The van der Waals surface area contributed by atoms with Crippen LogP contribution in [0.3, 0.4) is 0 Å². The molecule has 0 aromatic heterocycles. The molecule has 0 bridgehead atoms. The number of rotatable bonds is 11. The molecule has 1 unspecified atom stereocenters. The number of hydrogen-bond acceptors (Lipinski definition) is 5. The third-order valence-electron chi connectivity index (χ3n) is 4.67. The van der Waals surface area contributed by atoms with Gasteiger partial charge in [-0.15, -0.1) is 0 Å². The number of nitrogens with one attached hydrogen (secondary N) is 1. The molecule has 0 spiro atoms. The van der Waals surface area contributed by atoms with Crippen molar-refractivity contribution in [2.75, 3.05) is 27.4 Å². The molecule has 0 saturated carbocycles. The van der Waals surface area contributed by atoms with Crippen molar-refractivity contribution in [3.8, 4) is 17.2 Å². The van der Waals surface area contributed by atoms with Crippen LogP contribution in [0.4, 0.5) is 4.39 Å². The number of benzene rings is 2. The van der Waals surface area contributed by atoms with Gasteiger partial charge in [0.1, 0.15) is 29.1 Å². The van der Waals surface area contributed by atoms with Crippen LogP contribution in [-0.4, -0.2) is 50.1 Å². The third kappa shape index (κ3) is 7.16. The van der Waals surface area contributed by atoms with Crippen molar-refractivity contribution in [2.24, 2.45) is 0 Å². The zero-order chi connectivity index (χ0) is 22.8. The number of nitrogens with zero attached hydrogens (tertiary/aromatic N) is 1. The van der Waals surface area contributed by atoms with Gasteiger partial charge in [-0.1, -0.05) is 19.1 Å². The van der Waals surface area contributed by atoms with Gasteiger partial charge in [0.25, 0.3) is 5.91 Å². The number of hydrogen-bond donors (Lipinski definition) is 1. The molecule has 0 radical (unpaired) electrons. The number of carbonyl (C=O) groups excluding carboxylic acids is 2. The van der Waals surface area contributed by atoms with E-state index in [0.717, 1.165) is 6.42 Å². The molecule has 31 heavy (non-hydrogen) atoms. The Kier molecular flexibility index (Phi) is 9.12. The van der Waals surface area contributed by atoms with Crippen LogP contribution in [0.1, 0.15) is 25.8 Å². The van der Waals surface area contributed by atoms with E-state index in [2.05, 4.69) is 5.32 Å². The standard InChI is InChI=1S/C23H29FN2O5/c1-5-10-25-23(28)16(2)26(14-17-6-8-18(24)9-7-17)22(27)15-31-21-12-19(29-3)11-20(13-21)30-4/h6-9,11-13,16H,5,10,14-15H2,1-4H3,(H,25,28). The molecule has 2 aromatic rings. The van der Waals surface area contributed by atoms with Crippen molar-refractivity contribution in [1.29, 1.82) is 0 Å². The predicted octanol–water partition coefficient (Wildman–Crippen LogP) is 3.17. The summed E-state index contributed by atoms with van der Waals surface area (Å²) in [5, 5.41) is 2.80. The van der Waals surface area contributed by atoms with E-state index < -0.39 is 6.04 Å². The summed E-state index contributed by atoms with van der Waals surface area (Å²) < 4.78 is 29.3. The second-order valence-electron chi connectivity index (χ2n) is 6.95. The first-order valence-corrected chi connectivity index (χ1v) is 10.1. The average molecular weight is 432 g/mol. The van der Waals surface area contributed by atoms with Gasteiger partial charge in [-0.2, -0.15) is 0 Å². The lowest BCUT2D eigenvalue weighted by atomic mass is 10.1. The zero-order valence-corrected chi connectivity index (χ0v) is 18.3. The Morgan fingerprint density at radius 1 is 1.03 bits per heavy atom. The Balaban J connectivity index is 2.16. The van der Waals surface area contributed by atoms with Gasteiger partial charge in [0.15, 0.2) is 6.61 Å². The summed E-state index contributed by atoms with van der Waals surface area (Å²) in [5.74, 6) is 0.431. The molecule has 0 aliphatic heterocycles. The number of halogens is 1. The van der Waals surface area contributed by atoms with E-state index in [4.69, 9.17) is 14.2 Å². The Hall–Kier alpha value is -3.29. The first-order valence-electron chi connectivity index (χ1n) is 10.1. The van der Waals surface area contributed by atoms with Gasteiger partial charge in [0.05, 0.1) is 14.2 Å². The maximum atomic E-state index is 13.3. The van der Waals surface area contributed by atoms with E-state index in [1.165, 1.54) is 31.3 Å². The fourth-order valence-electron chi connectivity index (χ4n) is 2.86.